The number of aliphatic hydroxyl groups is 1. The molecule has 0 bridgehead atoms. The highest BCUT2D eigenvalue weighted by Crippen LogP contribution is 2.44. The molecule has 2 aliphatic rings. The summed E-state index contributed by atoms with van der Waals surface area (Å²) in [6.07, 6.45) is 2.28. The van der Waals surface area contributed by atoms with E-state index in [2.05, 4.69) is 5.32 Å². The third-order valence-electron chi connectivity index (χ3n) is 4.58. The number of aryl methyl sites for hydroxylation is 1. The van der Waals surface area contributed by atoms with E-state index in [1.165, 1.54) is 5.56 Å². The van der Waals surface area contributed by atoms with Gasteiger partial charge in [-0.2, -0.15) is 0 Å². The van der Waals surface area contributed by atoms with Crippen molar-refractivity contribution in [2.75, 3.05) is 25.0 Å². The summed E-state index contributed by atoms with van der Waals surface area (Å²) in [5, 5.41) is 13.2. The van der Waals surface area contributed by atoms with Crippen LogP contribution < -0.4 is 5.32 Å². The minimum atomic E-state index is -0.514. The quantitative estimate of drug-likeness (QED) is 0.878. The van der Waals surface area contributed by atoms with Gasteiger partial charge in [0.05, 0.1) is 12.1 Å². The fourth-order valence-electron chi connectivity index (χ4n) is 3.00. The van der Waals surface area contributed by atoms with Crippen molar-refractivity contribution in [2.24, 2.45) is 5.92 Å². The van der Waals surface area contributed by atoms with Crippen LogP contribution >= 0.6 is 0 Å². The number of hydrogen-bond acceptors (Lipinski definition) is 3. The Bertz CT molecular complexity index is 531. The van der Waals surface area contributed by atoms with Crippen LogP contribution in [0.2, 0.25) is 0 Å². The van der Waals surface area contributed by atoms with Gasteiger partial charge in [0.15, 0.2) is 0 Å². The highest BCUT2D eigenvalue weighted by atomic mass is 16.3. The van der Waals surface area contributed by atoms with E-state index in [-0.39, 0.29) is 5.91 Å². The van der Waals surface area contributed by atoms with Gasteiger partial charge in [0.25, 0.3) is 0 Å². The van der Waals surface area contributed by atoms with Crippen LogP contribution in [-0.4, -0.2) is 41.1 Å². The summed E-state index contributed by atoms with van der Waals surface area (Å²) in [5.74, 6) is 0.470. The lowest BCUT2D eigenvalue weighted by Crippen LogP contribution is -2.64. The molecule has 2 N–H and O–H groups in total. The van der Waals surface area contributed by atoms with Crippen molar-refractivity contribution in [1.29, 1.82) is 0 Å². The van der Waals surface area contributed by atoms with Crippen molar-refractivity contribution in [3.8, 4) is 0 Å². The molecular weight excluding hydrogens is 252 g/mol. The predicted molar refractivity (Wildman–Crippen MR) is 78.7 cm³/mol. The first-order chi connectivity index (χ1) is 9.48. The molecule has 0 radical (unpaired) electrons. The zero-order chi connectivity index (χ0) is 14.3. The number of anilines is 1. The van der Waals surface area contributed by atoms with Gasteiger partial charge in [-0.1, -0.05) is 12.1 Å². The number of amides is 1. The van der Waals surface area contributed by atoms with Gasteiger partial charge >= 0.3 is 0 Å². The standard InChI is InChI=1S/C16H22N2O2/c1-11-4-3-5-14(12(11)2)17-15(19)8-18-9-16(20,10-18)13-6-7-13/h3-5,13,20H,6-10H2,1-2H3,(H,17,19). The summed E-state index contributed by atoms with van der Waals surface area (Å²) in [6, 6.07) is 5.92. The summed E-state index contributed by atoms with van der Waals surface area (Å²) in [6.45, 7) is 5.69. The Morgan fingerprint density at radius 3 is 2.75 bits per heavy atom. The lowest BCUT2D eigenvalue weighted by Gasteiger charge is -2.46. The molecule has 4 nitrogen and oxygen atoms in total. The van der Waals surface area contributed by atoms with E-state index < -0.39 is 5.60 Å². The predicted octanol–water partition coefficient (Wildman–Crippen LogP) is 1.70. The third-order valence-corrected chi connectivity index (χ3v) is 4.58. The number of hydrogen-bond donors (Lipinski definition) is 2. The maximum atomic E-state index is 12.0. The van der Waals surface area contributed by atoms with Crippen LogP contribution in [0.5, 0.6) is 0 Å². The van der Waals surface area contributed by atoms with Crippen molar-refractivity contribution >= 4 is 11.6 Å². The molecular formula is C16H22N2O2. The molecule has 1 saturated heterocycles. The van der Waals surface area contributed by atoms with E-state index in [9.17, 15) is 9.90 Å². The largest absolute Gasteiger partial charge is 0.387 e. The first kappa shape index (κ1) is 13.6. The number of likely N-dealkylation sites (tertiary alicyclic amines) is 1. The van der Waals surface area contributed by atoms with Crippen molar-refractivity contribution in [2.45, 2.75) is 32.3 Å². The maximum absolute atomic E-state index is 12.0. The zero-order valence-electron chi connectivity index (χ0n) is 12.1. The zero-order valence-corrected chi connectivity index (χ0v) is 12.1. The smallest absolute Gasteiger partial charge is 0.238 e. The second kappa shape index (κ2) is 4.86. The molecule has 0 aromatic heterocycles. The molecule has 1 saturated carbocycles. The molecule has 1 aromatic rings. The first-order valence-corrected chi connectivity index (χ1v) is 7.29. The highest BCUT2D eigenvalue weighted by Gasteiger charge is 2.51. The van der Waals surface area contributed by atoms with Gasteiger partial charge in [0.1, 0.15) is 0 Å². The number of benzene rings is 1. The summed E-state index contributed by atoms with van der Waals surface area (Å²) in [5.41, 5.74) is 2.65. The van der Waals surface area contributed by atoms with Gasteiger partial charge in [-0.05, 0) is 49.8 Å². The Morgan fingerprint density at radius 1 is 1.40 bits per heavy atom. The van der Waals surface area contributed by atoms with Gasteiger partial charge in [0.2, 0.25) is 5.91 Å². The van der Waals surface area contributed by atoms with Gasteiger partial charge < -0.3 is 10.4 Å². The Morgan fingerprint density at radius 2 is 2.10 bits per heavy atom. The molecule has 1 amide bonds. The molecule has 2 fully saturated rings. The Balaban J connectivity index is 1.52. The Labute approximate surface area is 119 Å². The van der Waals surface area contributed by atoms with Crippen LogP contribution in [0.3, 0.4) is 0 Å². The average Bonchev–Trinajstić information content (AvgIpc) is 3.17. The number of nitrogens with one attached hydrogen (secondary N) is 1. The lowest BCUT2D eigenvalue weighted by molar-refractivity contribution is -0.132. The molecule has 3 rings (SSSR count). The summed E-state index contributed by atoms with van der Waals surface area (Å²) in [7, 11) is 0. The number of nitrogens with zero attached hydrogens (tertiary/aromatic N) is 1. The Hall–Kier alpha value is -1.39. The topological polar surface area (TPSA) is 52.6 Å². The van der Waals surface area contributed by atoms with Crippen molar-refractivity contribution in [3.63, 3.8) is 0 Å². The SMILES string of the molecule is Cc1cccc(NC(=O)CN2CC(O)(C3CC3)C2)c1C. The average molecular weight is 274 g/mol. The van der Waals surface area contributed by atoms with Crippen molar-refractivity contribution in [3.05, 3.63) is 29.3 Å². The molecule has 20 heavy (non-hydrogen) atoms. The van der Waals surface area contributed by atoms with Gasteiger partial charge in [-0.15, -0.1) is 0 Å². The summed E-state index contributed by atoms with van der Waals surface area (Å²) < 4.78 is 0. The first-order valence-electron chi connectivity index (χ1n) is 7.29. The van der Waals surface area contributed by atoms with Crippen LogP contribution in [0.15, 0.2) is 18.2 Å². The number of rotatable bonds is 4. The molecule has 0 unspecified atom stereocenters. The van der Waals surface area contributed by atoms with E-state index in [4.69, 9.17) is 0 Å². The second-order valence-electron chi connectivity index (χ2n) is 6.32. The van der Waals surface area contributed by atoms with E-state index in [0.29, 0.717) is 25.6 Å². The number of carbonyl (C=O) groups is 1. The number of carbonyl (C=O) groups excluding carboxylic acids is 1. The molecule has 0 atom stereocenters. The van der Waals surface area contributed by atoms with Gasteiger partial charge in [-0.3, -0.25) is 9.69 Å². The second-order valence-corrected chi connectivity index (χ2v) is 6.32. The van der Waals surface area contributed by atoms with Crippen LogP contribution in [0.25, 0.3) is 0 Å². The van der Waals surface area contributed by atoms with Gasteiger partial charge in [0, 0.05) is 18.8 Å². The van der Waals surface area contributed by atoms with Crippen LogP contribution in [0, 0.1) is 19.8 Å². The maximum Gasteiger partial charge on any atom is 0.238 e. The lowest BCUT2D eigenvalue weighted by atomic mass is 9.89. The molecule has 0 spiro atoms. The fourth-order valence-corrected chi connectivity index (χ4v) is 3.00. The molecule has 1 aliphatic carbocycles. The van der Waals surface area contributed by atoms with Crippen LogP contribution in [-0.2, 0) is 4.79 Å². The molecule has 1 aromatic carbocycles. The van der Waals surface area contributed by atoms with Crippen LogP contribution in [0.1, 0.15) is 24.0 Å². The van der Waals surface area contributed by atoms with Gasteiger partial charge in [-0.25, -0.2) is 0 Å². The third kappa shape index (κ3) is 2.58. The van der Waals surface area contributed by atoms with Crippen molar-refractivity contribution in [1.82, 2.24) is 4.90 Å². The summed E-state index contributed by atoms with van der Waals surface area (Å²) >= 11 is 0. The molecule has 4 heteroatoms. The minimum Gasteiger partial charge on any atom is -0.387 e. The Kier molecular flexibility index (Phi) is 3.30. The minimum absolute atomic E-state index is 0.00320. The molecule has 1 heterocycles. The fraction of sp³-hybridized carbons (Fsp3) is 0.562. The highest BCUT2D eigenvalue weighted by molar-refractivity contribution is 5.93. The van der Waals surface area contributed by atoms with E-state index in [1.807, 2.05) is 36.9 Å². The monoisotopic (exact) mass is 274 g/mol. The van der Waals surface area contributed by atoms with Crippen LogP contribution in [0.4, 0.5) is 5.69 Å². The summed E-state index contributed by atoms with van der Waals surface area (Å²) in [4.78, 5) is 14.1. The normalized spacial score (nSPS) is 21.4. The van der Waals surface area contributed by atoms with E-state index >= 15 is 0 Å². The molecule has 1 aliphatic heterocycles. The number of β-amino-alcohol motifs (C(OH)–C–C–N with tert-alkyl or cyclic N) is 1. The van der Waals surface area contributed by atoms with E-state index in [1.54, 1.807) is 0 Å². The van der Waals surface area contributed by atoms with E-state index in [0.717, 1.165) is 24.1 Å². The molecule has 108 valence electrons. The van der Waals surface area contributed by atoms with Crippen molar-refractivity contribution < 1.29 is 9.90 Å².